The second kappa shape index (κ2) is 2.30. The maximum Gasteiger partial charge on any atom is 0.326 e. The number of nitrogens with one attached hydrogen (secondary N) is 2. The van der Waals surface area contributed by atoms with Crippen LogP contribution in [0.15, 0.2) is 9.59 Å². The number of hydrogen-bond donors (Lipinski definition) is 3. The van der Waals surface area contributed by atoms with E-state index < -0.39 is 11.2 Å². The summed E-state index contributed by atoms with van der Waals surface area (Å²) < 4.78 is 0. The van der Waals surface area contributed by atoms with Gasteiger partial charge in [0.2, 0.25) is 0 Å². The van der Waals surface area contributed by atoms with E-state index >= 15 is 0 Å². The molecule has 1 rings (SSSR count). The van der Waals surface area contributed by atoms with E-state index in [2.05, 4.69) is 4.98 Å². The van der Waals surface area contributed by atoms with Gasteiger partial charge in [-0.1, -0.05) is 0 Å². The summed E-state index contributed by atoms with van der Waals surface area (Å²) in [5.41, 5.74) is 3.16. The van der Waals surface area contributed by atoms with Crippen LogP contribution in [0.2, 0.25) is 0 Å². The van der Waals surface area contributed by atoms with E-state index in [-0.39, 0.29) is 11.4 Å². The van der Waals surface area contributed by atoms with Crippen molar-refractivity contribution >= 4 is 5.69 Å². The molecule has 6 heteroatoms. The number of nitrogens with two attached hydrogens (primary N) is 1. The highest BCUT2D eigenvalue weighted by Gasteiger charge is 2.02. The lowest BCUT2D eigenvalue weighted by Crippen LogP contribution is -2.26. The van der Waals surface area contributed by atoms with Crippen molar-refractivity contribution in [1.82, 2.24) is 9.97 Å². The third kappa shape index (κ3) is 1.11. The van der Waals surface area contributed by atoms with Gasteiger partial charge in [-0.3, -0.25) is 14.8 Å². The molecular weight excluding hydrogens is 148 g/mol. The van der Waals surface area contributed by atoms with Gasteiger partial charge in [0.1, 0.15) is 11.8 Å². The molecule has 0 saturated carbocycles. The van der Waals surface area contributed by atoms with Gasteiger partial charge in [-0.05, 0) is 0 Å². The van der Waals surface area contributed by atoms with E-state index in [1.165, 1.54) is 0 Å². The number of nitrogen functional groups attached to an aromatic ring is 1. The first-order valence-electron chi connectivity index (χ1n) is 2.67. The molecule has 6 nitrogen and oxygen atoms in total. The van der Waals surface area contributed by atoms with E-state index in [1.807, 2.05) is 4.98 Å². The Hall–Kier alpha value is -2.03. The Morgan fingerprint density at radius 2 is 2.00 bits per heavy atom. The summed E-state index contributed by atoms with van der Waals surface area (Å²) in [4.78, 5) is 25.1. The summed E-state index contributed by atoms with van der Waals surface area (Å²) in [5, 5.41) is 8.31. The van der Waals surface area contributed by atoms with Crippen LogP contribution in [0.1, 0.15) is 5.69 Å². The van der Waals surface area contributed by atoms with Gasteiger partial charge in [0.15, 0.2) is 5.69 Å². The molecule has 4 N–H and O–H groups in total. The third-order valence-corrected chi connectivity index (χ3v) is 1.09. The van der Waals surface area contributed by atoms with Crippen LogP contribution in [0.5, 0.6) is 0 Å². The molecule has 0 fully saturated rings. The van der Waals surface area contributed by atoms with Crippen LogP contribution in [-0.4, -0.2) is 9.97 Å². The highest BCUT2D eigenvalue weighted by atomic mass is 16.2. The summed E-state index contributed by atoms with van der Waals surface area (Å²) in [5.74, 6) is 0. The topological polar surface area (TPSA) is 116 Å². The molecule has 0 amide bonds. The predicted molar refractivity (Wildman–Crippen MR) is 36.8 cm³/mol. The lowest BCUT2D eigenvalue weighted by Gasteiger charge is -1.91. The Morgan fingerprint density at radius 3 is 2.55 bits per heavy atom. The van der Waals surface area contributed by atoms with Crippen molar-refractivity contribution in [2.45, 2.75) is 0 Å². The van der Waals surface area contributed by atoms with Gasteiger partial charge in [0, 0.05) is 0 Å². The van der Waals surface area contributed by atoms with Gasteiger partial charge in [0.05, 0.1) is 0 Å². The van der Waals surface area contributed by atoms with Crippen molar-refractivity contribution < 1.29 is 0 Å². The first-order chi connectivity index (χ1) is 5.15. The van der Waals surface area contributed by atoms with Crippen LogP contribution in [0, 0.1) is 11.3 Å². The fourth-order valence-electron chi connectivity index (χ4n) is 0.584. The van der Waals surface area contributed by atoms with Crippen molar-refractivity contribution in [3.8, 4) is 6.07 Å². The number of nitrogens with zero attached hydrogens (tertiary/aromatic N) is 1. The smallest absolute Gasteiger partial charge is 0.326 e. The molecule has 1 aromatic rings. The van der Waals surface area contributed by atoms with Crippen LogP contribution in [0.25, 0.3) is 0 Å². The van der Waals surface area contributed by atoms with Gasteiger partial charge in [-0.25, -0.2) is 4.79 Å². The Morgan fingerprint density at radius 1 is 1.36 bits per heavy atom. The van der Waals surface area contributed by atoms with Crippen molar-refractivity contribution in [2.75, 3.05) is 5.73 Å². The lowest BCUT2D eigenvalue weighted by atomic mass is 10.4. The van der Waals surface area contributed by atoms with Crippen molar-refractivity contribution in [2.24, 2.45) is 0 Å². The molecule has 56 valence electrons. The van der Waals surface area contributed by atoms with Gasteiger partial charge >= 0.3 is 5.69 Å². The van der Waals surface area contributed by atoms with E-state index in [4.69, 9.17) is 11.0 Å². The number of aromatic amines is 2. The minimum atomic E-state index is -0.745. The summed E-state index contributed by atoms with van der Waals surface area (Å²) in [7, 11) is 0. The van der Waals surface area contributed by atoms with Crippen LogP contribution in [0.4, 0.5) is 5.69 Å². The molecule has 0 saturated heterocycles. The fraction of sp³-hybridized carbons (Fsp3) is 0. The molecule has 0 aromatic carbocycles. The standard InChI is InChI=1S/C5H4N4O2/c6-1-2-3(7)4(10)9-5(11)8-2/h7H2,(H2,8,9,10,11). The lowest BCUT2D eigenvalue weighted by molar-refractivity contribution is 1.03. The SMILES string of the molecule is N#Cc1[nH]c(=O)[nH]c(=O)c1N. The summed E-state index contributed by atoms with van der Waals surface area (Å²) >= 11 is 0. The number of H-pyrrole nitrogens is 2. The zero-order valence-corrected chi connectivity index (χ0v) is 5.34. The zero-order valence-electron chi connectivity index (χ0n) is 5.34. The van der Waals surface area contributed by atoms with Gasteiger partial charge < -0.3 is 5.73 Å². The molecule has 0 aliphatic rings. The minimum Gasteiger partial charge on any atom is -0.392 e. The van der Waals surface area contributed by atoms with E-state index in [9.17, 15) is 9.59 Å². The molecule has 0 spiro atoms. The van der Waals surface area contributed by atoms with Crippen LogP contribution in [-0.2, 0) is 0 Å². The first-order valence-corrected chi connectivity index (χ1v) is 2.67. The number of rotatable bonds is 0. The summed E-state index contributed by atoms with van der Waals surface area (Å²) in [6.45, 7) is 0. The average Bonchev–Trinajstić information content (AvgIpc) is 1.96. The molecule has 0 radical (unpaired) electrons. The van der Waals surface area contributed by atoms with Crippen molar-refractivity contribution in [3.05, 3.63) is 26.5 Å². The third-order valence-electron chi connectivity index (χ3n) is 1.09. The van der Waals surface area contributed by atoms with E-state index in [0.29, 0.717) is 0 Å². The fourth-order valence-corrected chi connectivity index (χ4v) is 0.584. The van der Waals surface area contributed by atoms with E-state index in [1.54, 1.807) is 6.07 Å². The van der Waals surface area contributed by atoms with Gasteiger partial charge in [-0.2, -0.15) is 5.26 Å². The second-order valence-electron chi connectivity index (χ2n) is 1.81. The van der Waals surface area contributed by atoms with Gasteiger partial charge in [-0.15, -0.1) is 0 Å². The molecule has 0 atom stereocenters. The first kappa shape index (κ1) is 7.08. The molecule has 0 aliphatic heterocycles. The van der Waals surface area contributed by atoms with E-state index in [0.717, 1.165) is 0 Å². The highest BCUT2D eigenvalue weighted by Crippen LogP contribution is 1.93. The normalized spacial score (nSPS) is 9.00. The monoisotopic (exact) mass is 152 g/mol. The number of nitriles is 1. The molecule has 0 aliphatic carbocycles. The second-order valence-corrected chi connectivity index (χ2v) is 1.81. The maximum atomic E-state index is 10.7. The van der Waals surface area contributed by atoms with Crippen LogP contribution >= 0.6 is 0 Å². The van der Waals surface area contributed by atoms with Crippen LogP contribution < -0.4 is 17.0 Å². The molecule has 11 heavy (non-hydrogen) atoms. The Labute approximate surface area is 60.3 Å². The Balaban J connectivity index is 3.66. The quantitative estimate of drug-likeness (QED) is 0.420. The molecular formula is C5H4N4O2. The zero-order chi connectivity index (χ0) is 8.43. The minimum absolute atomic E-state index is 0.209. The highest BCUT2D eigenvalue weighted by molar-refractivity contribution is 5.46. The predicted octanol–water partition coefficient (Wildman–Crippen LogP) is -1.48. The molecule has 1 heterocycles. The summed E-state index contributed by atoms with van der Waals surface area (Å²) in [6, 6.07) is 1.58. The van der Waals surface area contributed by atoms with Crippen molar-refractivity contribution in [3.63, 3.8) is 0 Å². The number of aromatic nitrogens is 2. The molecule has 0 unspecified atom stereocenters. The maximum absolute atomic E-state index is 10.7. The van der Waals surface area contributed by atoms with Crippen LogP contribution in [0.3, 0.4) is 0 Å². The summed E-state index contributed by atoms with van der Waals surface area (Å²) in [6.07, 6.45) is 0. The molecule has 0 bridgehead atoms. The Kier molecular flexibility index (Phi) is 1.48. The Bertz CT molecular complexity index is 421. The van der Waals surface area contributed by atoms with Crippen molar-refractivity contribution in [1.29, 1.82) is 5.26 Å². The number of hydrogen-bond acceptors (Lipinski definition) is 4. The van der Waals surface area contributed by atoms with Gasteiger partial charge in [0.25, 0.3) is 5.56 Å². The largest absolute Gasteiger partial charge is 0.392 e. The molecule has 1 aromatic heterocycles. The number of anilines is 1. The average molecular weight is 152 g/mol.